The van der Waals surface area contributed by atoms with Crippen molar-refractivity contribution < 1.29 is 4.39 Å². The Bertz CT molecular complexity index is 762. The number of nitrogens with zero attached hydrogens (tertiary/aromatic N) is 2. The molecule has 0 saturated carbocycles. The van der Waals surface area contributed by atoms with E-state index in [2.05, 4.69) is 27.6 Å². The van der Waals surface area contributed by atoms with E-state index in [1.54, 1.807) is 13.0 Å². The van der Waals surface area contributed by atoms with Crippen molar-refractivity contribution in [3.63, 3.8) is 0 Å². The molecule has 0 spiro atoms. The highest BCUT2D eigenvalue weighted by molar-refractivity contribution is 14.1. The quantitative estimate of drug-likeness (QED) is 0.668. The summed E-state index contributed by atoms with van der Waals surface area (Å²) in [4.78, 5) is 4.21. The molecular formula is C14H11FIN3. The summed E-state index contributed by atoms with van der Waals surface area (Å²) < 4.78 is 16.5. The predicted molar refractivity (Wildman–Crippen MR) is 82.9 cm³/mol. The lowest BCUT2D eigenvalue weighted by molar-refractivity contribution is 0.620. The van der Waals surface area contributed by atoms with Gasteiger partial charge in [0.05, 0.1) is 11.0 Å². The molecule has 0 saturated heterocycles. The number of benzene rings is 2. The molecule has 2 N–H and O–H groups in total. The zero-order valence-electron chi connectivity index (χ0n) is 10.2. The van der Waals surface area contributed by atoms with Gasteiger partial charge in [-0.2, -0.15) is 0 Å². The van der Waals surface area contributed by atoms with Crippen molar-refractivity contribution in [3.05, 3.63) is 51.3 Å². The normalized spacial score (nSPS) is 11.1. The topological polar surface area (TPSA) is 43.8 Å². The maximum absolute atomic E-state index is 13.6. The molecule has 0 aliphatic rings. The first-order chi connectivity index (χ1) is 9.06. The number of aryl methyl sites for hydroxylation is 1. The molecule has 0 unspecified atom stereocenters. The van der Waals surface area contributed by atoms with Gasteiger partial charge in [0.25, 0.3) is 0 Å². The van der Waals surface area contributed by atoms with E-state index in [4.69, 9.17) is 5.73 Å². The number of nitrogen functional groups attached to an aromatic ring is 1. The van der Waals surface area contributed by atoms with Crippen molar-refractivity contribution in [2.24, 2.45) is 0 Å². The molecule has 1 heterocycles. The van der Waals surface area contributed by atoms with Crippen molar-refractivity contribution in [1.29, 1.82) is 0 Å². The van der Waals surface area contributed by atoms with E-state index in [0.717, 1.165) is 14.8 Å². The number of rotatable bonds is 1. The molecule has 0 bridgehead atoms. The van der Waals surface area contributed by atoms with Gasteiger partial charge in [-0.05, 0) is 65.4 Å². The van der Waals surface area contributed by atoms with Crippen LogP contribution in [0, 0.1) is 16.3 Å². The molecule has 19 heavy (non-hydrogen) atoms. The lowest BCUT2D eigenvalue weighted by Gasteiger charge is -2.07. The van der Waals surface area contributed by atoms with E-state index < -0.39 is 0 Å². The lowest BCUT2D eigenvalue weighted by atomic mass is 10.2. The van der Waals surface area contributed by atoms with Crippen molar-refractivity contribution in [3.8, 4) is 5.69 Å². The molecule has 5 heteroatoms. The van der Waals surface area contributed by atoms with Crippen LogP contribution in [-0.2, 0) is 0 Å². The van der Waals surface area contributed by atoms with Gasteiger partial charge in [0.15, 0.2) is 0 Å². The van der Waals surface area contributed by atoms with Crippen molar-refractivity contribution in [2.45, 2.75) is 6.92 Å². The number of imidazole rings is 1. The Balaban J connectivity index is 2.31. The lowest BCUT2D eigenvalue weighted by Crippen LogP contribution is -2.00. The second-order valence-corrected chi connectivity index (χ2v) is 5.62. The summed E-state index contributed by atoms with van der Waals surface area (Å²) in [5.41, 5.74) is 8.84. The minimum atomic E-state index is -0.264. The van der Waals surface area contributed by atoms with E-state index in [1.807, 2.05) is 28.8 Å². The summed E-state index contributed by atoms with van der Waals surface area (Å²) in [5.74, 6) is 0.0981. The van der Waals surface area contributed by atoms with E-state index in [-0.39, 0.29) is 5.82 Å². The Morgan fingerprint density at radius 1 is 1.21 bits per heavy atom. The van der Waals surface area contributed by atoms with Gasteiger partial charge in [-0.25, -0.2) is 9.37 Å². The van der Waals surface area contributed by atoms with Crippen LogP contribution in [-0.4, -0.2) is 9.55 Å². The molecule has 0 aliphatic carbocycles. The first kappa shape index (κ1) is 12.4. The molecule has 96 valence electrons. The van der Waals surface area contributed by atoms with Gasteiger partial charge >= 0.3 is 0 Å². The van der Waals surface area contributed by atoms with Gasteiger partial charge in [-0.3, -0.25) is 4.57 Å². The van der Waals surface area contributed by atoms with E-state index >= 15 is 0 Å². The summed E-state index contributed by atoms with van der Waals surface area (Å²) >= 11 is 2.25. The van der Waals surface area contributed by atoms with Gasteiger partial charge in [-0.15, -0.1) is 0 Å². The van der Waals surface area contributed by atoms with E-state index in [0.29, 0.717) is 17.0 Å². The first-order valence-electron chi connectivity index (χ1n) is 5.76. The van der Waals surface area contributed by atoms with Crippen LogP contribution in [0.25, 0.3) is 16.7 Å². The monoisotopic (exact) mass is 367 g/mol. The second kappa shape index (κ2) is 4.48. The number of fused-ring (bicyclic) bond motifs is 1. The second-order valence-electron chi connectivity index (χ2n) is 4.37. The molecule has 0 amide bonds. The zero-order chi connectivity index (χ0) is 13.6. The Hall–Kier alpha value is -1.63. The highest BCUT2D eigenvalue weighted by Crippen LogP contribution is 2.25. The molecule has 0 fully saturated rings. The van der Waals surface area contributed by atoms with Crippen LogP contribution in [0.1, 0.15) is 5.56 Å². The Labute approximate surface area is 123 Å². The van der Waals surface area contributed by atoms with Crippen molar-refractivity contribution in [2.75, 3.05) is 5.73 Å². The molecule has 1 aromatic heterocycles. The maximum atomic E-state index is 13.6. The zero-order valence-corrected chi connectivity index (χ0v) is 12.3. The van der Waals surface area contributed by atoms with Crippen LogP contribution in [0.4, 0.5) is 10.3 Å². The molecule has 0 aliphatic heterocycles. The fraction of sp³-hybridized carbons (Fsp3) is 0.0714. The fourth-order valence-corrected chi connectivity index (χ4v) is 2.44. The predicted octanol–water partition coefficient (Wildman–Crippen LogP) is 3.66. The minimum absolute atomic E-state index is 0.264. The van der Waals surface area contributed by atoms with Crippen molar-refractivity contribution in [1.82, 2.24) is 9.55 Å². The largest absolute Gasteiger partial charge is 0.369 e. The third-order valence-electron chi connectivity index (χ3n) is 3.05. The van der Waals surface area contributed by atoms with Crippen LogP contribution in [0.15, 0.2) is 36.4 Å². The van der Waals surface area contributed by atoms with E-state index in [9.17, 15) is 4.39 Å². The van der Waals surface area contributed by atoms with Crippen molar-refractivity contribution >= 4 is 39.6 Å². The smallest absolute Gasteiger partial charge is 0.205 e. The third-order valence-corrected chi connectivity index (χ3v) is 3.76. The van der Waals surface area contributed by atoms with Gasteiger partial charge < -0.3 is 5.73 Å². The summed E-state index contributed by atoms with van der Waals surface area (Å²) in [6.07, 6.45) is 0. The standard InChI is InChI=1S/C14H11FIN3/c1-8-6-13-12(7-11(8)15)18-14(17)19(13)10-4-2-9(16)3-5-10/h2-7H,1H3,(H2,17,18). The average molecular weight is 367 g/mol. The number of hydrogen-bond donors (Lipinski definition) is 1. The number of anilines is 1. The van der Waals surface area contributed by atoms with Crippen LogP contribution in [0.3, 0.4) is 0 Å². The number of aromatic nitrogens is 2. The molecule has 3 aromatic rings. The number of halogens is 2. The first-order valence-corrected chi connectivity index (χ1v) is 6.84. The molecule has 0 atom stereocenters. The Kier molecular flexibility index (Phi) is 2.93. The number of hydrogen-bond acceptors (Lipinski definition) is 2. The van der Waals surface area contributed by atoms with Gasteiger partial charge in [0.1, 0.15) is 5.82 Å². The molecular weight excluding hydrogens is 356 g/mol. The fourth-order valence-electron chi connectivity index (χ4n) is 2.08. The molecule has 3 nitrogen and oxygen atoms in total. The van der Waals surface area contributed by atoms with Crippen LogP contribution in [0.5, 0.6) is 0 Å². The third kappa shape index (κ3) is 2.07. The Morgan fingerprint density at radius 2 is 1.89 bits per heavy atom. The van der Waals surface area contributed by atoms with Gasteiger partial charge in [0.2, 0.25) is 5.95 Å². The molecule has 3 rings (SSSR count). The van der Waals surface area contributed by atoms with Crippen LogP contribution in [0.2, 0.25) is 0 Å². The van der Waals surface area contributed by atoms with Gasteiger partial charge in [-0.1, -0.05) is 0 Å². The summed E-state index contributed by atoms with van der Waals surface area (Å²) in [6, 6.07) is 11.1. The Morgan fingerprint density at radius 3 is 2.58 bits per heavy atom. The summed E-state index contributed by atoms with van der Waals surface area (Å²) in [7, 11) is 0. The van der Waals surface area contributed by atoms with Gasteiger partial charge in [0, 0.05) is 15.3 Å². The van der Waals surface area contributed by atoms with E-state index in [1.165, 1.54) is 6.07 Å². The summed E-state index contributed by atoms with van der Waals surface area (Å²) in [6.45, 7) is 1.73. The molecule has 0 radical (unpaired) electrons. The highest BCUT2D eigenvalue weighted by Gasteiger charge is 2.12. The molecule has 2 aromatic carbocycles. The highest BCUT2D eigenvalue weighted by atomic mass is 127. The maximum Gasteiger partial charge on any atom is 0.205 e. The SMILES string of the molecule is Cc1cc2c(cc1F)nc(N)n2-c1ccc(I)cc1. The van der Waals surface area contributed by atoms with Crippen LogP contribution < -0.4 is 5.73 Å². The average Bonchev–Trinajstić information content (AvgIpc) is 2.67. The van der Waals surface area contributed by atoms with Crippen LogP contribution >= 0.6 is 22.6 Å². The summed E-state index contributed by atoms with van der Waals surface area (Å²) in [5, 5.41) is 0. The number of nitrogens with two attached hydrogens (primary N) is 1. The minimum Gasteiger partial charge on any atom is -0.369 e.